The lowest BCUT2D eigenvalue weighted by Gasteiger charge is -2.35. The summed E-state index contributed by atoms with van der Waals surface area (Å²) >= 11 is 0. The van der Waals surface area contributed by atoms with Crippen LogP contribution in [0.5, 0.6) is 0 Å². The first-order valence-corrected chi connectivity index (χ1v) is 11.8. The van der Waals surface area contributed by atoms with Crippen LogP contribution in [-0.2, 0) is 12.8 Å². The van der Waals surface area contributed by atoms with Gasteiger partial charge in [0.15, 0.2) is 0 Å². The molecule has 1 aliphatic carbocycles. The Balaban J connectivity index is 0.00000107. The van der Waals surface area contributed by atoms with Crippen molar-refractivity contribution in [2.45, 2.75) is 90.4 Å². The Morgan fingerprint density at radius 3 is 2.10 bits per heavy atom. The first-order valence-electron chi connectivity index (χ1n) is 11.8. The SMILES string of the molecule is CC#N.CCC(CCc1ccc(C2CCC2F)cc1)N(CCc1ccccc1)C(C)C. The molecule has 0 aliphatic heterocycles. The topological polar surface area (TPSA) is 27.0 Å². The van der Waals surface area contributed by atoms with Crippen LogP contribution in [0.1, 0.15) is 76.0 Å². The second-order valence-electron chi connectivity index (χ2n) is 8.83. The fourth-order valence-corrected chi connectivity index (χ4v) is 4.47. The highest BCUT2D eigenvalue weighted by Crippen LogP contribution is 2.39. The van der Waals surface area contributed by atoms with E-state index in [0.29, 0.717) is 12.1 Å². The summed E-state index contributed by atoms with van der Waals surface area (Å²) in [6.45, 7) is 9.48. The molecule has 3 atom stereocenters. The molecule has 3 heteroatoms. The van der Waals surface area contributed by atoms with Crippen LogP contribution in [0.4, 0.5) is 4.39 Å². The van der Waals surface area contributed by atoms with Crippen LogP contribution in [0.3, 0.4) is 0 Å². The number of rotatable bonds is 10. The monoisotopic (exact) mass is 422 g/mol. The number of aryl methyl sites for hydroxylation is 1. The fourth-order valence-electron chi connectivity index (χ4n) is 4.47. The van der Waals surface area contributed by atoms with Gasteiger partial charge in [0.25, 0.3) is 0 Å². The lowest BCUT2D eigenvalue weighted by atomic mass is 9.78. The van der Waals surface area contributed by atoms with Crippen LogP contribution in [0.25, 0.3) is 0 Å². The van der Waals surface area contributed by atoms with Crippen molar-refractivity contribution in [1.29, 1.82) is 5.26 Å². The molecule has 0 saturated heterocycles. The van der Waals surface area contributed by atoms with Gasteiger partial charge < -0.3 is 0 Å². The third-order valence-corrected chi connectivity index (χ3v) is 6.47. The lowest BCUT2D eigenvalue weighted by Crippen LogP contribution is -2.41. The van der Waals surface area contributed by atoms with Crippen molar-refractivity contribution in [2.24, 2.45) is 0 Å². The molecule has 0 amide bonds. The summed E-state index contributed by atoms with van der Waals surface area (Å²) in [5.41, 5.74) is 3.98. The first kappa shape index (κ1) is 25.1. The first-order chi connectivity index (χ1) is 15.0. The molecule has 168 valence electrons. The second kappa shape index (κ2) is 13.3. The molecule has 2 aromatic rings. The average Bonchev–Trinajstić information content (AvgIpc) is 2.77. The summed E-state index contributed by atoms with van der Waals surface area (Å²) in [5.74, 6) is 0.145. The van der Waals surface area contributed by atoms with Crippen LogP contribution >= 0.6 is 0 Å². The maximum absolute atomic E-state index is 13.6. The highest BCUT2D eigenvalue weighted by Gasteiger charge is 2.31. The molecule has 2 nitrogen and oxygen atoms in total. The van der Waals surface area contributed by atoms with E-state index >= 15 is 0 Å². The summed E-state index contributed by atoms with van der Waals surface area (Å²) in [5, 5.41) is 7.32. The van der Waals surface area contributed by atoms with Crippen LogP contribution in [-0.4, -0.2) is 29.7 Å². The van der Waals surface area contributed by atoms with E-state index in [-0.39, 0.29) is 5.92 Å². The minimum atomic E-state index is -0.625. The third-order valence-electron chi connectivity index (χ3n) is 6.47. The van der Waals surface area contributed by atoms with Gasteiger partial charge in [0.2, 0.25) is 0 Å². The molecule has 0 spiro atoms. The number of alkyl halides is 1. The van der Waals surface area contributed by atoms with Crippen molar-refractivity contribution in [3.8, 4) is 6.07 Å². The van der Waals surface area contributed by atoms with Crippen LogP contribution in [0.2, 0.25) is 0 Å². The van der Waals surface area contributed by atoms with E-state index in [4.69, 9.17) is 5.26 Å². The highest BCUT2D eigenvalue weighted by molar-refractivity contribution is 5.28. The van der Waals surface area contributed by atoms with E-state index in [1.165, 1.54) is 36.5 Å². The predicted octanol–water partition coefficient (Wildman–Crippen LogP) is 7.10. The van der Waals surface area contributed by atoms with Gasteiger partial charge in [0.05, 0.1) is 6.07 Å². The zero-order valence-electron chi connectivity index (χ0n) is 19.7. The second-order valence-corrected chi connectivity index (χ2v) is 8.83. The van der Waals surface area contributed by atoms with Gasteiger partial charge in [0, 0.05) is 31.5 Å². The zero-order valence-corrected chi connectivity index (χ0v) is 19.7. The van der Waals surface area contributed by atoms with E-state index in [1.807, 2.05) is 0 Å². The quantitative estimate of drug-likeness (QED) is 0.408. The van der Waals surface area contributed by atoms with Gasteiger partial charge in [-0.3, -0.25) is 4.90 Å². The summed E-state index contributed by atoms with van der Waals surface area (Å²) in [6.07, 6.45) is 5.67. The number of hydrogen-bond acceptors (Lipinski definition) is 2. The molecule has 0 aromatic heterocycles. The maximum atomic E-state index is 13.6. The fraction of sp³-hybridized carbons (Fsp3) is 0.536. The number of halogens is 1. The number of hydrogen-bond donors (Lipinski definition) is 0. The van der Waals surface area contributed by atoms with Gasteiger partial charge in [-0.25, -0.2) is 4.39 Å². The molecule has 3 rings (SSSR count). The van der Waals surface area contributed by atoms with Crippen LogP contribution in [0.15, 0.2) is 54.6 Å². The van der Waals surface area contributed by atoms with Crippen LogP contribution in [0, 0.1) is 11.3 Å². The Bertz CT molecular complexity index is 779. The molecule has 2 aromatic carbocycles. The number of nitrogens with zero attached hydrogens (tertiary/aromatic N) is 2. The van der Waals surface area contributed by atoms with Crippen molar-refractivity contribution in [3.05, 3.63) is 71.3 Å². The molecule has 3 unspecified atom stereocenters. The van der Waals surface area contributed by atoms with Gasteiger partial charge in [0.1, 0.15) is 6.17 Å². The van der Waals surface area contributed by atoms with E-state index < -0.39 is 6.17 Å². The van der Waals surface area contributed by atoms with Crippen molar-refractivity contribution in [1.82, 2.24) is 4.90 Å². The Morgan fingerprint density at radius 1 is 1.00 bits per heavy atom. The molecule has 0 N–H and O–H groups in total. The van der Waals surface area contributed by atoms with Gasteiger partial charge >= 0.3 is 0 Å². The van der Waals surface area contributed by atoms with Gasteiger partial charge in [-0.05, 0) is 69.1 Å². The molecule has 0 bridgehead atoms. The third kappa shape index (κ3) is 7.78. The maximum Gasteiger partial charge on any atom is 0.107 e. The largest absolute Gasteiger partial charge is 0.298 e. The predicted molar refractivity (Wildman–Crippen MR) is 129 cm³/mol. The smallest absolute Gasteiger partial charge is 0.107 e. The van der Waals surface area contributed by atoms with E-state index in [0.717, 1.165) is 32.2 Å². The summed E-state index contributed by atoms with van der Waals surface area (Å²) in [6, 6.07) is 22.5. The Kier molecular flexibility index (Phi) is 10.7. The van der Waals surface area contributed by atoms with E-state index in [2.05, 4.69) is 80.3 Å². The number of nitriles is 1. The Labute approximate surface area is 189 Å². The van der Waals surface area contributed by atoms with Gasteiger partial charge in [-0.15, -0.1) is 0 Å². The summed E-state index contributed by atoms with van der Waals surface area (Å²) in [4.78, 5) is 2.67. The Morgan fingerprint density at radius 2 is 1.61 bits per heavy atom. The van der Waals surface area contributed by atoms with Gasteiger partial charge in [-0.1, -0.05) is 61.5 Å². The van der Waals surface area contributed by atoms with Crippen molar-refractivity contribution in [3.63, 3.8) is 0 Å². The molecular formula is C28H39FN2. The minimum absolute atomic E-state index is 0.145. The zero-order chi connectivity index (χ0) is 22.6. The van der Waals surface area contributed by atoms with E-state index in [1.54, 1.807) is 6.07 Å². The molecule has 1 aliphatic rings. The van der Waals surface area contributed by atoms with Crippen LogP contribution < -0.4 is 0 Å². The van der Waals surface area contributed by atoms with Crippen molar-refractivity contribution >= 4 is 0 Å². The molecular weight excluding hydrogens is 383 g/mol. The standard InChI is InChI=1S/C26H36FN.C2H3N/c1-4-24(28(20(2)3)19-18-21-8-6-5-7-9-21)15-12-22-10-13-23(14-11-22)25-16-17-26(25)27;1-2-3/h5-11,13-14,20,24-26H,4,12,15-19H2,1-3H3;1H3. The van der Waals surface area contributed by atoms with Crippen molar-refractivity contribution < 1.29 is 4.39 Å². The summed E-state index contributed by atoms with van der Waals surface area (Å²) < 4.78 is 13.6. The molecule has 0 heterocycles. The molecule has 1 fully saturated rings. The van der Waals surface area contributed by atoms with Crippen molar-refractivity contribution in [2.75, 3.05) is 6.54 Å². The number of benzene rings is 2. The highest BCUT2D eigenvalue weighted by atomic mass is 19.1. The molecule has 0 radical (unpaired) electrons. The molecule has 1 saturated carbocycles. The molecule has 31 heavy (non-hydrogen) atoms. The van der Waals surface area contributed by atoms with E-state index in [9.17, 15) is 4.39 Å². The lowest BCUT2D eigenvalue weighted by molar-refractivity contribution is 0.143. The Hall–Kier alpha value is -2.18. The summed E-state index contributed by atoms with van der Waals surface area (Å²) in [7, 11) is 0. The van der Waals surface area contributed by atoms with Gasteiger partial charge in [-0.2, -0.15) is 5.26 Å². The normalized spacial score (nSPS) is 18.6. The average molecular weight is 423 g/mol. The minimum Gasteiger partial charge on any atom is -0.298 e.